The van der Waals surface area contributed by atoms with Crippen molar-refractivity contribution in [2.75, 3.05) is 31.1 Å². The number of pyridine rings is 1. The topological polar surface area (TPSA) is 82.9 Å². The van der Waals surface area contributed by atoms with Crippen molar-refractivity contribution in [2.24, 2.45) is 0 Å². The van der Waals surface area contributed by atoms with Crippen LogP contribution in [-0.2, 0) is 0 Å². The van der Waals surface area contributed by atoms with Crippen LogP contribution in [0.3, 0.4) is 0 Å². The number of halogens is 1. The van der Waals surface area contributed by atoms with Gasteiger partial charge in [-0.1, -0.05) is 36.6 Å². The van der Waals surface area contributed by atoms with Gasteiger partial charge in [-0.25, -0.2) is 9.07 Å². The molecule has 4 aromatic rings. The molecule has 36 heavy (non-hydrogen) atoms. The minimum atomic E-state index is -0.392. The Morgan fingerprint density at radius 3 is 2.58 bits per heavy atom. The van der Waals surface area contributed by atoms with Gasteiger partial charge in [0.05, 0.1) is 11.7 Å². The van der Waals surface area contributed by atoms with Gasteiger partial charge in [0, 0.05) is 37.3 Å². The molecule has 1 saturated heterocycles. The average Bonchev–Trinajstić information content (AvgIpc) is 3.58. The number of piperazine rings is 1. The molecule has 1 aliphatic carbocycles. The molecular formula is C27H30FN7O. The van der Waals surface area contributed by atoms with Crippen molar-refractivity contribution in [1.29, 1.82) is 0 Å². The Hall–Kier alpha value is -3.59. The first-order valence-corrected chi connectivity index (χ1v) is 12.7. The van der Waals surface area contributed by atoms with Crippen LogP contribution in [0, 0.1) is 12.7 Å². The Balaban J connectivity index is 1.40. The lowest BCUT2D eigenvalue weighted by Gasteiger charge is -2.39. The van der Waals surface area contributed by atoms with Crippen LogP contribution in [0.2, 0.25) is 0 Å². The predicted octanol–water partition coefficient (Wildman–Crippen LogP) is 3.99. The quantitative estimate of drug-likeness (QED) is 0.458. The van der Waals surface area contributed by atoms with E-state index in [9.17, 15) is 9.18 Å². The summed E-state index contributed by atoms with van der Waals surface area (Å²) in [6.07, 6.45) is 4.40. The Morgan fingerprint density at radius 1 is 1.03 bits per heavy atom. The summed E-state index contributed by atoms with van der Waals surface area (Å²) >= 11 is 0. The van der Waals surface area contributed by atoms with E-state index in [1.54, 1.807) is 6.07 Å². The van der Waals surface area contributed by atoms with Gasteiger partial charge in [0.2, 0.25) is 0 Å². The predicted molar refractivity (Wildman–Crippen MR) is 137 cm³/mol. The lowest BCUT2D eigenvalue weighted by atomic mass is 10.0. The molecule has 9 heteroatoms. The molecule has 2 aromatic heterocycles. The number of hydrogen-bond acceptors (Lipinski definition) is 6. The molecule has 8 nitrogen and oxygen atoms in total. The standard InChI is InChI=1S/C27H30FN7O/c1-18-10-11-23-19(16-18)17-21(27(36)29-23)25(26-30-31-32-35(26)20-6-2-3-7-20)34-14-12-33(13-15-34)24-9-5-4-8-22(24)28/h4-5,8-11,16-17,20,25H,2-3,6-7,12-15H2,1H3,(H,29,36)/t25-/m1/s1. The molecule has 2 aromatic carbocycles. The van der Waals surface area contributed by atoms with Crippen LogP contribution in [-0.4, -0.2) is 56.3 Å². The molecule has 1 saturated carbocycles. The van der Waals surface area contributed by atoms with Crippen LogP contribution in [0.4, 0.5) is 10.1 Å². The molecule has 0 radical (unpaired) electrons. The maximum atomic E-state index is 14.4. The third kappa shape index (κ3) is 4.17. The van der Waals surface area contributed by atoms with Crippen molar-refractivity contribution in [3.63, 3.8) is 0 Å². The summed E-state index contributed by atoms with van der Waals surface area (Å²) in [7, 11) is 0. The van der Waals surface area contributed by atoms with Gasteiger partial charge in [0.15, 0.2) is 5.82 Å². The second-order valence-corrected chi connectivity index (χ2v) is 9.94. The highest BCUT2D eigenvalue weighted by Crippen LogP contribution is 2.34. The number of nitrogens with zero attached hydrogens (tertiary/aromatic N) is 6. The molecule has 2 fully saturated rings. The first kappa shape index (κ1) is 22.8. The first-order valence-electron chi connectivity index (χ1n) is 12.7. The van der Waals surface area contributed by atoms with Gasteiger partial charge in [-0.05, 0) is 65.9 Å². The number of H-pyrrole nitrogens is 1. The van der Waals surface area contributed by atoms with E-state index >= 15 is 0 Å². The monoisotopic (exact) mass is 487 g/mol. The number of nitrogens with one attached hydrogen (secondary N) is 1. The summed E-state index contributed by atoms with van der Waals surface area (Å²) in [4.78, 5) is 20.8. The average molecular weight is 488 g/mol. The Morgan fingerprint density at radius 2 is 1.81 bits per heavy atom. The van der Waals surface area contributed by atoms with E-state index in [0.29, 0.717) is 43.3 Å². The van der Waals surface area contributed by atoms with Crippen molar-refractivity contribution >= 4 is 16.6 Å². The Labute approximate surface area is 208 Å². The van der Waals surface area contributed by atoms with Gasteiger partial charge >= 0.3 is 0 Å². The number of aromatic nitrogens is 5. The van der Waals surface area contributed by atoms with Crippen molar-refractivity contribution in [1.82, 2.24) is 30.1 Å². The van der Waals surface area contributed by atoms with Crippen LogP contribution in [0.1, 0.15) is 54.7 Å². The number of aryl methyl sites for hydroxylation is 1. The minimum Gasteiger partial charge on any atom is -0.367 e. The molecule has 3 heterocycles. The fourth-order valence-corrected chi connectivity index (χ4v) is 5.76. The van der Waals surface area contributed by atoms with Gasteiger partial charge in [-0.2, -0.15) is 0 Å². The van der Waals surface area contributed by atoms with Crippen LogP contribution in [0.15, 0.2) is 53.3 Å². The zero-order chi connectivity index (χ0) is 24.6. The largest absolute Gasteiger partial charge is 0.367 e. The number of hydrogen-bond donors (Lipinski definition) is 1. The smallest absolute Gasteiger partial charge is 0.253 e. The third-order valence-electron chi connectivity index (χ3n) is 7.63. The molecule has 0 unspecified atom stereocenters. The summed E-state index contributed by atoms with van der Waals surface area (Å²) in [5.74, 6) is 0.493. The SMILES string of the molecule is Cc1ccc2[nH]c(=O)c([C@H](c3nnnn3C3CCCC3)N3CCN(c4ccccc4F)CC3)cc2c1. The Kier molecular flexibility index (Phi) is 6.00. The van der Waals surface area contributed by atoms with E-state index in [-0.39, 0.29) is 17.4 Å². The molecule has 0 spiro atoms. The number of fused-ring (bicyclic) bond motifs is 1. The molecule has 6 rings (SSSR count). The van der Waals surface area contributed by atoms with Crippen molar-refractivity contribution in [3.8, 4) is 0 Å². The van der Waals surface area contributed by atoms with Gasteiger partial charge in [-0.3, -0.25) is 9.69 Å². The minimum absolute atomic E-state index is 0.131. The summed E-state index contributed by atoms with van der Waals surface area (Å²) < 4.78 is 16.4. The maximum Gasteiger partial charge on any atom is 0.253 e. The van der Waals surface area contributed by atoms with E-state index < -0.39 is 6.04 Å². The zero-order valence-corrected chi connectivity index (χ0v) is 20.4. The normalized spacial score (nSPS) is 18.2. The molecule has 1 atom stereocenters. The fraction of sp³-hybridized carbons (Fsp3) is 0.407. The molecule has 0 amide bonds. The summed E-state index contributed by atoms with van der Waals surface area (Å²) in [5.41, 5.74) is 3.07. The molecule has 0 bridgehead atoms. The highest BCUT2D eigenvalue weighted by Gasteiger charge is 2.35. The molecule has 186 valence electrons. The van der Waals surface area contributed by atoms with Gasteiger partial charge in [0.25, 0.3) is 5.56 Å². The van der Waals surface area contributed by atoms with E-state index in [0.717, 1.165) is 42.1 Å². The molecule has 2 aliphatic rings. The van der Waals surface area contributed by atoms with E-state index in [1.165, 1.54) is 6.07 Å². The number of anilines is 1. The van der Waals surface area contributed by atoms with Crippen LogP contribution < -0.4 is 10.5 Å². The number of para-hydroxylation sites is 1. The molecule has 1 N–H and O–H groups in total. The van der Waals surface area contributed by atoms with Crippen LogP contribution >= 0.6 is 0 Å². The van der Waals surface area contributed by atoms with Crippen molar-refractivity contribution < 1.29 is 4.39 Å². The van der Waals surface area contributed by atoms with E-state index in [2.05, 4.69) is 36.4 Å². The summed E-state index contributed by atoms with van der Waals surface area (Å²) in [6, 6.07) is 14.8. The van der Waals surface area contributed by atoms with Crippen LogP contribution in [0.25, 0.3) is 10.9 Å². The maximum absolute atomic E-state index is 14.4. The number of benzene rings is 2. The number of rotatable bonds is 5. The highest BCUT2D eigenvalue weighted by molar-refractivity contribution is 5.79. The van der Waals surface area contributed by atoms with Crippen LogP contribution in [0.5, 0.6) is 0 Å². The lowest BCUT2D eigenvalue weighted by Crippen LogP contribution is -2.49. The first-order chi connectivity index (χ1) is 17.6. The second kappa shape index (κ2) is 9.46. The van der Waals surface area contributed by atoms with Crippen molar-refractivity contribution in [3.05, 3.63) is 81.7 Å². The molecule has 1 aliphatic heterocycles. The number of tetrazole rings is 1. The van der Waals surface area contributed by atoms with Gasteiger partial charge < -0.3 is 9.88 Å². The van der Waals surface area contributed by atoms with E-state index in [4.69, 9.17) is 0 Å². The third-order valence-corrected chi connectivity index (χ3v) is 7.63. The van der Waals surface area contributed by atoms with Gasteiger partial charge in [-0.15, -0.1) is 5.10 Å². The van der Waals surface area contributed by atoms with E-state index in [1.807, 2.05) is 41.9 Å². The summed E-state index contributed by atoms with van der Waals surface area (Å²) in [5, 5.41) is 13.9. The second-order valence-electron chi connectivity index (χ2n) is 9.94. The van der Waals surface area contributed by atoms with Crippen molar-refractivity contribution in [2.45, 2.75) is 44.7 Å². The lowest BCUT2D eigenvalue weighted by molar-refractivity contribution is 0.196. The highest BCUT2D eigenvalue weighted by atomic mass is 19.1. The zero-order valence-electron chi connectivity index (χ0n) is 20.4. The summed E-state index contributed by atoms with van der Waals surface area (Å²) in [6.45, 7) is 4.65. The van der Waals surface area contributed by atoms with Gasteiger partial charge in [0.1, 0.15) is 11.9 Å². The molecular weight excluding hydrogens is 457 g/mol. The fourth-order valence-electron chi connectivity index (χ4n) is 5.76. The number of aromatic amines is 1. The Bertz CT molecular complexity index is 1430.